The van der Waals surface area contributed by atoms with E-state index in [1.165, 1.54) is 6.42 Å². The molecule has 0 spiro atoms. The van der Waals surface area contributed by atoms with E-state index in [0.29, 0.717) is 18.7 Å². The maximum Gasteiger partial charge on any atom is 0.261 e. The Morgan fingerprint density at radius 3 is 2.38 bits per heavy atom. The van der Waals surface area contributed by atoms with E-state index in [9.17, 15) is 9.59 Å². The molecule has 1 aliphatic carbocycles. The first-order valence-electron chi connectivity index (χ1n) is 12.3. The van der Waals surface area contributed by atoms with Crippen LogP contribution in [0.1, 0.15) is 62.1 Å². The molecule has 1 N–H and O–H groups in total. The standard InChI is InChI=1S/C28H38N2O4/c1-5-26(28(32)29-23-11-7-6-8-12-23)30(18-22-10-9-13-24(17-22)33-4)27(31)19-34-25-15-20(2)14-21(3)16-25/h9-10,13-17,23,26H,5-8,11-12,18-19H2,1-4H3,(H,29,32). The summed E-state index contributed by atoms with van der Waals surface area (Å²) in [6.07, 6.45) is 6.02. The monoisotopic (exact) mass is 466 g/mol. The second-order valence-electron chi connectivity index (χ2n) is 9.25. The molecule has 1 unspecified atom stereocenters. The van der Waals surface area contributed by atoms with Crippen molar-refractivity contribution < 1.29 is 19.1 Å². The maximum atomic E-state index is 13.4. The second kappa shape index (κ2) is 12.4. The number of nitrogens with zero attached hydrogens (tertiary/aromatic N) is 1. The molecule has 0 heterocycles. The van der Waals surface area contributed by atoms with Crippen molar-refractivity contribution in [1.82, 2.24) is 10.2 Å². The van der Waals surface area contributed by atoms with Gasteiger partial charge in [-0.05, 0) is 74.1 Å². The van der Waals surface area contributed by atoms with Crippen molar-refractivity contribution in [2.75, 3.05) is 13.7 Å². The average molecular weight is 467 g/mol. The van der Waals surface area contributed by atoms with E-state index < -0.39 is 6.04 Å². The minimum absolute atomic E-state index is 0.0861. The van der Waals surface area contributed by atoms with E-state index >= 15 is 0 Å². The smallest absolute Gasteiger partial charge is 0.261 e. The minimum Gasteiger partial charge on any atom is -0.497 e. The Morgan fingerprint density at radius 1 is 1.03 bits per heavy atom. The van der Waals surface area contributed by atoms with Gasteiger partial charge in [0.15, 0.2) is 6.61 Å². The molecule has 0 aliphatic heterocycles. The number of nitrogens with one attached hydrogen (secondary N) is 1. The van der Waals surface area contributed by atoms with E-state index in [0.717, 1.165) is 48.1 Å². The van der Waals surface area contributed by atoms with Crippen LogP contribution >= 0.6 is 0 Å². The fraction of sp³-hybridized carbons (Fsp3) is 0.500. The lowest BCUT2D eigenvalue weighted by atomic mass is 9.95. The van der Waals surface area contributed by atoms with Crippen molar-refractivity contribution in [2.24, 2.45) is 0 Å². The molecule has 6 nitrogen and oxygen atoms in total. The number of rotatable bonds is 10. The predicted octanol–water partition coefficient (Wildman–Crippen LogP) is 4.95. The SMILES string of the molecule is CCC(C(=O)NC1CCCCC1)N(Cc1cccc(OC)c1)C(=O)COc1cc(C)cc(C)c1. The molecule has 3 rings (SSSR count). The zero-order chi connectivity index (χ0) is 24.5. The molecule has 0 saturated heterocycles. The van der Waals surface area contributed by atoms with Crippen molar-refractivity contribution in [3.8, 4) is 11.5 Å². The van der Waals surface area contributed by atoms with Gasteiger partial charge >= 0.3 is 0 Å². The summed E-state index contributed by atoms with van der Waals surface area (Å²) < 4.78 is 11.2. The number of carbonyl (C=O) groups is 2. The Hall–Kier alpha value is -3.02. The molecule has 34 heavy (non-hydrogen) atoms. The number of carbonyl (C=O) groups excluding carboxylic acids is 2. The number of hydrogen-bond donors (Lipinski definition) is 1. The lowest BCUT2D eigenvalue weighted by Crippen LogP contribution is -2.52. The van der Waals surface area contributed by atoms with Crippen LogP contribution < -0.4 is 14.8 Å². The van der Waals surface area contributed by atoms with Gasteiger partial charge in [-0.1, -0.05) is 44.4 Å². The number of benzene rings is 2. The van der Waals surface area contributed by atoms with E-state index in [1.807, 2.05) is 57.2 Å². The van der Waals surface area contributed by atoms with Crippen LogP contribution in [0.4, 0.5) is 0 Å². The first-order valence-corrected chi connectivity index (χ1v) is 12.3. The van der Waals surface area contributed by atoms with E-state index in [2.05, 4.69) is 11.4 Å². The van der Waals surface area contributed by atoms with Crippen molar-refractivity contribution in [1.29, 1.82) is 0 Å². The summed E-state index contributed by atoms with van der Waals surface area (Å²) in [6, 6.07) is 13.1. The van der Waals surface area contributed by atoms with Gasteiger partial charge in [0.1, 0.15) is 17.5 Å². The Balaban J connectivity index is 1.78. The highest BCUT2D eigenvalue weighted by molar-refractivity contribution is 5.88. The van der Waals surface area contributed by atoms with Crippen LogP contribution in [0, 0.1) is 13.8 Å². The molecular weight excluding hydrogens is 428 g/mol. The zero-order valence-electron chi connectivity index (χ0n) is 20.9. The van der Waals surface area contributed by atoms with Crippen molar-refractivity contribution in [3.63, 3.8) is 0 Å². The predicted molar refractivity (Wildman–Crippen MR) is 134 cm³/mol. The summed E-state index contributed by atoms with van der Waals surface area (Å²) in [7, 11) is 1.62. The quantitative estimate of drug-likeness (QED) is 0.538. The Kier molecular flexibility index (Phi) is 9.37. The lowest BCUT2D eigenvalue weighted by molar-refractivity contribution is -0.143. The fourth-order valence-corrected chi connectivity index (χ4v) is 4.68. The van der Waals surface area contributed by atoms with Crippen LogP contribution in [-0.2, 0) is 16.1 Å². The van der Waals surface area contributed by atoms with Gasteiger partial charge in [-0.3, -0.25) is 9.59 Å². The first kappa shape index (κ1) is 25.6. The highest BCUT2D eigenvalue weighted by Crippen LogP contribution is 2.21. The van der Waals surface area contributed by atoms with Gasteiger partial charge in [0.05, 0.1) is 7.11 Å². The topological polar surface area (TPSA) is 67.9 Å². The van der Waals surface area contributed by atoms with Crippen molar-refractivity contribution >= 4 is 11.8 Å². The normalized spacial score (nSPS) is 14.8. The summed E-state index contributed by atoms with van der Waals surface area (Å²) >= 11 is 0. The molecule has 2 aromatic carbocycles. The van der Waals surface area contributed by atoms with E-state index in [4.69, 9.17) is 9.47 Å². The van der Waals surface area contributed by atoms with Gasteiger partial charge in [0.2, 0.25) is 5.91 Å². The number of aryl methyl sites for hydroxylation is 2. The summed E-state index contributed by atoms with van der Waals surface area (Å²) in [5, 5.41) is 3.20. The maximum absolute atomic E-state index is 13.4. The van der Waals surface area contributed by atoms with E-state index in [-0.39, 0.29) is 24.5 Å². The molecule has 6 heteroatoms. The number of amides is 2. The summed E-state index contributed by atoms with van der Waals surface area (Å²) in [5.74, 6) is 1.08. The van der Waals surface area contributed by atoms with Gasteiger partial charge in [-0.2, -0.15) is 0 Å². The van der Waals surface area contributed by atoms with Crippen LogP contribution in [-0.4, -0.2) is 42.5 Å². The van der Waals surface area contributed by atoms with Gasteiger partial charge in [-0.15, -0.1) is 0 Å². The molecule has 1 atom stereocenters. The molecular formula is C28H38N2O4. The van der Waals surface area contributed by atoms with Crippen LogP contribution in [0.3, 0.4) is 0 Å². The van der Waals surface area contributed by atoms with Gasteiger partial charge < -0.3 is 19.7 Å². The van der Waals surface area contributed by atoms with Crippen LogP contribution in [0.25, 0.3) is 0 Å². The lowest BCUT2D eigenvalue weighted by Gasteiger charge is -2.32. The minimum atomic E-state index is -0.566. The molecule has 1 saturated carbocycles. The second-order valence-corrected chi connectivity index (χ2v) is 9.25. The Bertz CT molecular complexity index is 948. The van der Waals surface area contributed by atoms with Gasteiger partial charge in [0, 0.05) is 12.6 Å². The molecule has 184 valence electrons. The Labute approximate surface area is 203 Å². The summed E-state index contributed by atoms with van der Waals surface area (Å²) in [6.45, 7) is 6.13. The third kappa shape index (κ3) is 7.24. The summed E-state index contributed by atoms with van der Waals surface area (Å²) in [4.78, 5) is 28.4. The molecule has 0 aromatic heterocycles. The van der Waals surface area contributed by atoms with Crippen molar-refractivity contribution in [2.45, 2.75) is 77.9 Å². The first-order chi connectivity index (χ1) is 16.4. The zero-order valence-corrected chi connectivity index (χ0v) is 20.9. The highest BCUT2D eigenvalue weighted by atomic mass is 16.5. The van der Waals surface area contributed by atoms with Gasteiger partial charge in [0.25, 0.3) is 5.91 Å². The molecule has 2 amide bonds. The molecule has 2 aromatic rings. The Morgan fingerprint density at radius 2 is 1.74 bits per heavy atom. The number of methoxy groups -OCH3 is 1. The van der Waals surface area contributed by atoms with Crippen LogP contribution in [0.15, 0.2) is 42.5 Å². The van der Waals surface area contributed by atoms with E-state index in [1.54, 1.807) is 12.0 Å². The third-order valence-corrected chi connectivity index (χ3v) is 6.38. The molecule has 1 fully saturated rings. The number of ether oxygens (including phenoxy) is 2. The molecule has 1 aliphatic rings. The third-order valence-electron chi connectivity index (χ3n) is 6.38. The largest absolute Gasteiger partial charge is 0.497 e. The number of hydrogen-bond acceptors (Lipinski definition) is 4. The van der Waals surface area contributed by atoms with Crippen LogP contribution in [0.5, 0.6) is 11.5 Å². The molecule has 0 radical (unpaired) electrons. The van der Waals surface area contributed by atoms with Crippen LogP contribution in [0.2, 0.25) is 0 Å². The fourth-order valence-electron chi connectivity index (χ4n) is 4.68. The van der Waals surface area contributed by atoms with Crippen molar-refractivity contribution in [3.05, 3.63) is 59.2 Å². The molecule has 0 bridgehead atoms. The van der Waals surface area contributed by atoms with Gasteiger partial charge in [-0.25, -0.2) is 0 Å². The summed E-state index contributed by atoms with van der Waals surface area (Å²) in [5.41, 5.74) is 3.06. The highest BCUT2D eigenvalue weighted by Gasteiger charge is 2.30. The average Bonchev–Trinajstić information content (AvgIpc) is 2.82.